The van der Waals surface area contributed by atoms with E-state index in [0.29, 0.717) is 5.56 Å². The zero-order valence-corrected chi connectivity index (χ0v) is 13.2. The van der Waals surface area contributed by atoms with Crippen LogP contribution in [0.3, 0.4) is 0 Å². The number of rotatable bonds is 7. The molecule has 1 atom stereocenters. The van der Waals surface area contributed by atoms with Crippen molar-refractivity contribution >= 4 is 24.0 Å². The fourth-order valence-corrected chi connectivity index (χ4v) is 1.67. The number of hydrogen-bond donors (Lipinski definition) is 2. The molecule has 1 rings (SSSR count). The monoisotopic (exact) mass is 338 g/mol. The molecule has 0 spiro atoms. The van der Waals surface area contributed by atoms with Crippen molar-refractivity contribution in [1.82, 2.24) is 0 Å². The summed E-state index contributed by atoms with van der Waals surface area (Å²) in [7, 11) is 2.11. The van der Waals surface area contributed by atoms with Gasteiger partial charge >= 0.3 is 17.9 Å². The Hall–Kier alpha value is -2.87. The largest absolute Gasteiger partial charge is 0.508 e. The Kier molecular flexibility index (Phi) is 6.94. The van der Waals surface area contributed by atoms with Gasteiger partial charge in [0.2, 0.25) is 5.60 Å². The minimum absolute atomic E-state index is 0.0840. The van der Waals surface area contributed by atoms with Crippen LogP contribution in [0.5, 0.6) is 5.75 Å². The van der Waals surface area contributed by atoms with E-state index in [1.165, 1.54) is 18.2 Å². The highest BCUT2D eigenvalue weighted by molar-refractivity contribution is 5.89. The Morgan fingerprint density at radius 1 is 1.12 bits per heavy atom. The summed E-state index contributed by atoms with van der Waals surface area (Å²) in [5, 5.41) is 19.3. The topological polar surface area (TPSA) is 119 Å². The minimum atomic E-state index is -2.33. The summed E-state index contributed by atoms with van der Waals surface area (Å²) >= 11 is 0. The maximum atomic E-state index is 11.7. The molecule has 0 radical (unpaired) electrons. The number of aromatic hydroxyl groups is 1. The second-order valence-electron chi connectivity index (χ2n) is 4.81. The molecule has 8 nitrogen and oxygen atoms in total. The lowest BCUT2D eigenvalue weighted by atomic mass is 10.0. The van der Waals surface area contributed by atoms with E-state index in [-0.39, 0.29) is 5.75 Å². The molecule has 24 heavy (non-hydrogen) atoms. The van der Waals surface area contributed by atoms with Crippen LogP contribution in [0, 0.1) is 0 Å². The van der Waals surface area contributed by atoms with Crippen molar-refractivity contribution in [1.29, 1.82) is 0 Å². The van der Waals surface area contributed by atoms with E-state index in [1.54, 1.807) is 12.1 Å². The van der Waals surface area contributed by atoms with Crippen LogP contribution in [0.15, 0.2) is 30.3 Å². The van der Waals surface area contributed by atoms with Gasteiger partial charge in [-0.1, -0.05) is 12.1 Å². The van der Waals surface area contributed by atoms with Gasteiger partial charge < -0.3 is 24.4 Å². The molecule has 0 heterocycles. The second-order valence-corrected chi connectivity index (χ2v) is 4.81. The lowest BCUT2D eigenvalue weighted by molar-refractivity contribution is -0.177. The molecule has 2 N–H and O–H groups in total. The normalized spacial score (nSPS) is 13.1. The number of esters is 3. The van der Waals surface area contributed by atoms with Gasteiger partial charge in [-0.25, -0.2) is 9.59 Å². The Balaban J connectivity index is 2.68. The van der Waals surface area contributed by atoms with Crippen molar-refractivity contribution in [2.24, 2.45) is 0 Å². The van der Waals surface area contributed by atoms with E-state index in [9.17, 15) is 19.5 Å². The molecule has 0 saturated heterocycles. The van der Waals surface area contributed by atoms with Gasteiger partial charge in [0.25, 0.3) is 0 Å². The Labute approximate surface area is 138 Å². The first-order valence-electron chi connectivity index (χ1n) is 6.82. The molecule has 0 unspecified atom stereocenters. The Bertz CT molecular complexity index is 619. The van der Waals surface area contributed by atoms with E-state index in [0.717, 1.165) is 20.3 Å². The van der Waals surface area contributed by atoms with Crippen molar-refractivity contribution in [2.45, 2.75) is 12.0 Å². The van der Waals surface area contributed by atoms with Crippen molar-refractivity contribution in [3.63, 3.8) is 0 Å². The summed E-state index contributed by atoms with van der Waals surface area (Å²) in [4.78, 5) is 34.5. The average Bonchev–Trinajstić information content (AvgIpc) is 2.58. The number of phenols is 1. The number of aliphatic hydroxyl groups is 1. The van der Waals surface area contributed by atoms with Crippen LogP contribution in [-0.2, 0) is 28.6 Å². The quantitative estimate of drug-likeness (QED) is 0.417. The molecule has 130 valence electrons. The predicted octanol–water partition coefficient (Wildman–Crippen LogP) is 0.416. The fourth-order valence-electron chi connectivity index (χ4n) is 1.67. The highest BCUT2D eigenvalue weighted by Crippen LogP contribution is 2.15. The first-order chi connectivity index (χ1) is 11.3. The van der Waals surface area contributed by atoms with Crippen molar-refractivity contribution in [3.8, 4) is 5.75 Å². The summed E-state index contributed by atoms with van der Waals surface area (Å²) in [5.74, 6) is -2.74. The number of phenolic OH excluding ortho intramolecular Hbond substituents is 1. The number of carbonyl (C=O) groups excluding carboxylic acids is 3. The maximum Gasteiger partial charge on any atom is 0.342 e. The number of methoxy groups -OCH3 is 2. The third-order valence-corrected chi connectivity index (χ3v) is 2.99. The van der Waals surface area contributed by atoms with Crippen LogP contribution in [-0.4, -0.2) is 54.5 Å². The first kappa shape index (κ1) is 19.2. The van der Waals surface area contributed by atoms with Crippen molar-refractivity contribution < 1.29 is 38.8 Å². The summed E-state index contributed by atoms with van der Waals surface area (Å²) < 4.78 is 13.6. The van der Waals surface area contributed by atoms with Crippen LogP contribution in [0.25, 0.3) is 6.08 Å². The van der Waals surface area contributed by atoms with Gasteiger partial charge in [0.1, 0.15) is 12.4 Å². The van der Waals surface area contributed by atoms with Gasteiger partial charge in [0.05, 0.1) is 20.6 Å². The summed E-state index contributed by atoms with van der Waals surface area (Å²) in [6.07, 6.45) is 1.77. The summed E-state index contributed by atoms with van der Waals surface area (Å²) in [6, 6.07) is 6.02. The molecule has 1 aromatic rings. The number of benzene rings is 1. The molecular formula is C16H18O8. The van der Waals surface area contributed by atoms with E-state index in [1.807, 2.05) is 0 Å². The van der Waals surface area contributed by atoms with Gasteiger partial charge in [0.15, 0.2) is 0 Å². The number of hydrogen-bond acceptors (Lipinski definition) is 8. The smallest absolute Gasteiger partial charge is 0.342 e. The zero-order valence-electron chi connectivity index (χ0n) is 13.2. The van der Waals surface area contributed by atoms with Gasteiger partial charge in [-0.05, 0) is 23.8 Å². The fraction of sp³-hybridized carbons (Fsp3) is 0.312. The molecule has 1 aromatic carbocycles. The van der Waals surface area contributed by atoms with E-state index >= 15 is 0 Å². The predicted molar refractivity (Wildman–Crippen MR) is 81.7 cm³/mol. The SMILES string of the molecule is COC(=O)C[C@](O)(COC(=O)/C=C/c1ccc(O)cc1)C(=O)OC. The van der Waals surface area contributed by atoms with Gasteiger partial charge in [-0.3, -0.25) is 4.79 Å². The van der Waals surface area contributed by atoms with Crippen LogP contribution < -0.4 is 0 Å². The summed E-state index contributed by atoms with van der Waals surface area (Å²) in [6.45, 7) is -0.770. The molecule has 0 aliphatic heterocycles. The minimum Gasteiger partial charge on any atom is -0.508 e. The van der Waals surface area contributed by atoms with Crippen LogP contribution in [0.2, 0.25) is 0 Å². The molecule has 0 bridgehead atoms. The van der Waals surface area contributed by atoms with Gasteiger partial charge in [-0.2, -0.15) is 0 Å². The molecule has 0 aliphatic rings. The van der Waals surface area contributed by atoms with E-state index in [4.69, 9.17) is 9.84 Å². The van der Waals surface area contributed by atoms with Crippen molar-refractivity contribution in [3.05, 3.63) is 35.9 Å². The highest BCUT2D eigenvalue weighted by Gasteiger charge is 2.41. The van der Waals surface area contributed by atoms with Crippen molar-refractivity contribution in [2.75, 3.05) is 20.8 Å². The summed E-state index contributed by atoms with van der Waals surface area (Å²) in [5.41, 5.74) is -1.70. The molecule has 0 amide bonds. The Morgan fingerprint density at radius 2 is 1.75 bits per heavy atom. The Morgan fingerprint density at radius 3 is 2.29 bits per heavy atom. The molecule has 0 aromatic heterocycles. The van der Waals surface area contributed by atoms with E-state index in [2.05, 4.69) is 9.47 Å². The lowest BCUT2D eigenvalue weighted by Crippen LogP contribution is -2.46. The average molecular weight is 338 g/mol. The number of ether oxygens (including phenoxy) is 3. The zero-order chi connectivity index (χ0) is 18.2. The number of carbonyl (C=O) groups is 3. The molecule has 0 saturated carbocycles. The van der Waals surface area contributed by atoms with Gasteiger partial charge in [0, 0.05) is 6.08 Å². The lowest BCUT2D eigenvalue weighted by Gasteiger charge is -2.23. The van der Waals surface area contributed by atoms with Gasteiger partial charge in [-0.15, -0.1) is 0 Å². The standard InChI is InChI=1S/C16H18O8/c1-22-14(19)9-16(21,15(20)23-2)10-24-13(18)8-5-11-3-6-12(17)7-4-11/h3-8,17,21H,9-10H2,1-2H3/b8-5+/t16-/m0/s1. The first-order valence-corrected chi connectivity index (χ1v) is 6.82. The van der Waals surface area contributed by atoms with Crippen LogP contribution >= 0.6 is 0 Å². The molecule has 8 heteroatoms. The van der Waals surface area contributed by atoms with Crippen LogP contribution in [0.1, 0.15) is 12.0 Å². The second kappa shape index (κ2) is 8.68. The molecular weight excluding hydrogens is 320 g/mol. The molecule has 0 aliphatic carbocycles. The van der Waals surface area contributed by atoms with E-state index < -0.39 is 36.5 Å². The third-order valence-electron chi connectivity index (χ3n) is 2.99. The maximum absolute atomic E-state index is 11.7. The molecule has 0 fully saturated rings. The highest BCUT2D eigenvalue weighted by atomic mass is 16.6. The van der Waals surface area contributed by atoms with Crippen LogP contribution in [0.4, 0.5) is 0 Å². The third kappa shape index (κ3) is 5.73.